The molecule has 0 aromatic heterocycles. The van der Waals surface area contributed by atoms with Crippen molar-refractivity contribution in [3.05, 3.63) is 0 Å². The second-order valence-electron chi connectivity index (χ2n) is 1.67. The highest BCUT2D eigenvalue weighted by Crippen LogP contribution is 1.93. The number of ether oxygens (including phenoxy) is 2. The van der Waals surface area contributed by atoms with Gasteiger partial charge in [-0.2, -0.15) is 0 Å². The minimum Gasteiger partial charge on any atom is -0.469 e. The standard InChI is InChI=1S/C7H8O4/c1-3-11-7(9)5-4-6(8)10-2/h1H,4-5H2,2H3. The molecule has 0 rings (SSSR count). The Morgan fingerprint density at radius 1 is 1.36 bits per heavy atom. The fraction of sp³-hybridized carbons (Fsp3) is 0.429. The first-order valence-corrected chi connectivity index (χ1v) is 2.92. The lowest BCUT2D eigenvalue weighted by Gasteiger charge is -1.95. The quantitative estimate of drug-likeness (QED) is 0.428. The summed E-state index contributed by atoms with van der Waals surface area (Å²) in [6.45, 7) is 0. The predicted octanol–water partition coefficient (Wildman–Crippen LogP) is 0.0735. The third-order valence-corrected chi connectivity index (χ3v) is 0.934. The van der Waals surface area contributed by atoms with E-state index in [4.69, 9.17) is 0 Å². The predicted molar refractivity (Wildman–Crippen MR) is 36.2 cm³/mol. The van der Waals surface area contributed by atoms with E-state index in [9.17, 15) is 9.59 Å². The molecule has 0 spiro atoms. The van der Waals surface area contributed by atoms with E-state index in [2.05, 4.69) is 15.9 Å². The van der Waals surface area contributed by atoms with Gasteiger partial charge in [-0.1, -0.05) is 6.42 Å². The lowest BCUT2D eigenvalue weighted by molar-refractivity contribution is -0.145. The molecule has 60 valence electrons. The zero-order valence-corrected chi connectivity index (χ0v) is 6.12. The van der Waals surface area contributed by atoms with Crippen LogP contribution in [0.15, 0.2) is 0 Å². The molecule has 0 saturated carbocycles. The van der Waals surface area contributed by atoms with Gasteiger partial charge in [0.2, 0.25) is 0 Å². The number of carbonyl (C=O) groups is 2. The van der Waals surface area contributed by atoms with Crippen LogP contribution in [0, 0.1) is 12.5 Å². The maximum absolute atomic E-state index is 10.5. The molecule has 4 nitrogen and oxygen atoms in total. The number of terminal acetylenes is 1. The average Bonchev–Trinajstić information content (AvgIpc) is 2.01. The van der Waals surface area contributed by atoms with Crippen molar-refractivity contribution in [3.8, 4) is 12.5 Å². The van der Waals surface area contributed by atoms with Gasteiger partial charge < -0.3 is 9.47 Å². The van der Waals surface area contributed by atoms with Crippen molar-refractivity contribution in [3.63, 3.8) is 0 Å². The summed E-state index contributed by atoms with van der Waals surface area (Å²) in [7, 11) is 1.24. The van der Waals surface area contributed by atoms with E-state index in [-0.39, 0.29) is 12.8 Å². The summed E-state index contributed by atoms with van der Waals surface area (Å²) in [5, 5.41) is 0. The summed E-state index contributed by atoms with van der Waals surface area (Å²) in [5.41, 5.74) is 0. The molecule has 0 atom stereocenters. The highest BCUT2D eigenvalue weighted by molar-refractivity contribution is 5.77. The first-order valence-electron chi connectivity index (χ1n) is 2.92. The Morgan fingerprint density at radius 2 is 1.91 bits per heavy atom. The van der Waals surface area contributed by atoms with Crippen LogP contribution in [0.1, 0.15) is 12.8 Å². The molecular formula is C7H8O4. The molecule has 0 heterocycles. The molecule has 0 aliphatic heterocycles. The van der Waals surface area contributed by atoms with Crippen LogP contribution in [0.25, 0.3) is 0 Å². The van der Waals surface area contributed by atoms with Gasteiger partial charge in [-0.05, 0) is 0 Å². The van der Waals surface area contributed by atoms with Crippen molar-refractivity contribution in [2.75, 3.05) is 7.11 Å². The minimum atomic E-state index is -0.599. The van der Waals surface area contributed by atoms with E-state index in [0.29, 0.717) is 0 Å². The third kappa shape index (κ3) is 4.97. The molecule has 0 radical (unpaired) electrons. The molecule has 0 saturated heterocycles. The summed E-state index contributed by atoms with van der Waals surface area (Å²) < 4.78 is 8.40. The van der Waals surface area contributed by atoms with Gasteiger partial charge in [0.15, 0.2) is 0 Å². The zero-order chi connectivity index (χ0) is 8.69. The Bertz CT molecular complexity index is 189. The topological polar surface area (TPSA) is 52.6 Å². The molecule has 0 aromatic rings. The number of carbonyl (C=O) groups excluding carboxylic acids is 2. The Balaban J connectivity index is 3.47. The van der Waals surface area contributed by atoms with Crippen LogP contribution in [0.3, 0.4) is 0 Å². The Morgan fingerprint density at radius 3 is 2.36 bits per heavy atom. The second-order valence-corrected chi connectivity index (χ2v) is 1.67. The van der Waals surface area contributed by atoms with Crippen LogP contribution in [0.2, 0.25) is 0 Å². The highest BCUT2D eigenvalue weighted by atomic mass is 16.5. The van der Waals surface area contributed by atoms with Gasteiger partial charge in [0.05, 0.1) is 20.0 Å². The lowest BCUT2D eigenvalue weighted by Crippen LogP contribution is -2.06. The first-order chi connectivity index (χ1) is 5.20. The maximum atomic E-state index is 10.5. The van der Waals surface area contributed by atoms with Crippen LogP contribution in [-0.2, 0) is 19.1 Å². The van der Waals surface area contributed by atoms with E-state index in [1.165, 1.54) is 7.11 Å². The molecule has 4 heteroatoms. The van der Waals surface area contributed by atoms with E-state index in [0.717, 1.165) is 0 Å². The maximum Gasteiger partial charge on any atom is 0.320 e. The van der Waals surface area contributed by atoms with Gasteiger partial charge in [0.1, 0.15) is 6.11 Å². The van der Waals surface area contributed by atoms with Gasteiger partial charge in [-0.15, -0.1) is 0 Å². The molecule has 11 heavy (non-hydrogen) atoms. The van der Waals surface area contributed by atoms with Crippen LogP contribution >= 0.6 is 0 Å². The molecule has 0 aliphatic carbocycles. The van der Waals surface area contributed by atoms with Crippen molar-refractivity contribution in [1.29, 1.82) is 0 Å². The van der Waals surface area contributed by atoms with Gasteiger partial charge in [0, 0.05) is 0 Å². The van der Waals surface area contributed by atoms with E-state index in [1.807, 2.05) is 0 Å². The number of rotatable bonds is 3. The molecule has 0 N–H and O–H groups in total. The zero-order valence-electron chi connectivity index (χ0n) is 6.12. The number of methoxy groups -OCH3 is 1. The number of hydrogen-bond acceptors (Lipinski definition) is 4. The van der Waals surface area contributed by atoms with Gasteiger partial charge >= 0.3 is 11.9 Å². The normalized spacial score (nSPS) is 8.00. The number of hydrogen-bond donors (Lipinski definition) is 0. The van der Waals surface area contributed by atoms with Crippen molar-refractivity contribution in [2.45, 2.75) is 12.8 Å². The second kappa shape index (κ2) is 5.30. The Kier molecular flexibility index (Phi) is 4.58. The van der Waals surface area contributed by atoms with Crippen molar-refractivity contribution in [2.24, 2.45) is 0 Å². The van der Waals surface area contributed by atoms with Crippen LogP contribution < -0.4 is 0 Å². The fourth-order valence-corrected chi connectivity index (χ4v) is 0.423. The lowest BCUT2D eigenvalue weighted by atomic mass is 10.3. The van der Waals surface area contributed by atoms with Gasteiger partial charge in [0.25, 0.3) is 0 Å². The Labute approximate surface area is 64.5 Å². The molecule has 0 amide bonds. The number of esters is 2. The monoisotopic (exact) mass is 156 g/mol. The molecule has 0 aliphatic rings. The summed E-state index contributed by atoms with van der Waals surface area (Å²) >= 11 is 0. The van der Waals surface area contributed by atoms with Crippen LogP contribution in [0.4, 0.5) is 0 Å². The molecule has 0 unspecified atom stereocenters. The van der Waals surface area contributed by atoms with Crippen LogP contribution in [-0.4, -0.2) is 19.0 Å². The molecule has 0 fully saturated rings. The molecule has 0 aromatic carbocycles. The summed E-state index contributed by atoms with van der Waals surface area (Å²) in [5.74, 6) is -1.06. The van der Waals surface area contributed by atoms with Crippen molar-refractivity contribution < 1.29 is 19.1 Å². The molecular weight excluding hydrogens is 148 g/mol. The van der Waals surface area contributed by atoms with E-state index >= 15 is 0 Å². The largest absolute Gasteiger partial charge is 0.469 e. The third-order valence-electron chi connectivity index (χ3n) is 0.934. The first kappa shape index (κ1) is 9.50. The highest BCUT2D eigenvalue weighted by Gasteiger charge is 2.06. The Hall–Kier alpha value is -1.50. The smallest absolute Gasteiger partial charge is 0.320 e. The van der Waals surface area contributed by atoms with Gasteiger partial charge in [-0.25, -0.2) is 0 Å². The SMILES string of the molecule is C#COC(=O)CCC(=O)OC. The average molecular weight is 156 g/mol. The minimum absolute atomic E-state index is 0.00296. The summed E-state index contributed by atoms with van der Waals surface area (Å²) in [4.78, 5) is 20.9. The fourth-order valence-electron chi connectivity index (χ4n) is 0.423. The summed E-state index contributed by atoms with van der Waals surface area (Å²) in [6.07, 6.45) is 6.32. The summed E-state index contributed by atoms with van der Waals surface area (Å²) in [6, 6.07) is 0. The van der Waals surface area contributed by atoms with Crippen molar-refractivity contribution in [1.82, 2.24) is 0 Å². The van der Waals surface area contributed by atoms with E-state index in [1.54, 1.807) is 6.11 Å². The van der Waals surface area contributed by atoms with E-state index < -0.39 is 11.9 Å². The van der Waals surface area contributed by atoms with Crippen molar-refractivity contribution >= 4 is 11.9 Å². The van der Waals surface area contributed by atoms with Gasteiger partial charge in [-0.3, -0.25) is 9.59 Å². The van der Waals surface area contributed by atoms with Crippen LogP contribution in [0.5, 0.6) is 0 Å². The molecule has 0 bridgehead atoms.